The summed E-state index contributed by atoms with van der Waals surface area (Å²) >= 11 is 1.39. The third-order valence-electron chi connectivity index (χ3n) is 3.85. The number of hydrogen-bond acceptors (Lipinski definition) is 5. The monoisotopic (exact) mass is 312 g/mol. The zero-order chi connectivity index (χ0) is 15.1. The second kappa shape index (κ2) is 8.44. The van der Waals surface area contributed by atoms with Crippen LogP contribution in [-0.2, 0) is 22.7 Å². The van der Waals surface area contributed by atoms with Crippen LogP contribution in [0.4, 0.5) is 0 Å². The normalized spacial score (nSPS) is 16.1. The first-order chi connectivity index (χ1) is 10.2. The van der Waals surface area contributed by atoms with Gasteiger partial charge < -0.3 is 14.4 Å². The number of imidazole rings is 1. The van der Waals surface area contributed by atoms with E-state index in [9.17, 15) is 9.90 Å². The first kappa shape index (κ1) is 16.4. The SMILES string of the molecule is CCOC(=O)CSc1ncc(CO)n1CC1CCCCC1. The van der Waals surface area contributed by atoms with Crippen LogP contribution in [0.2, 0.25) is 0 Å². The highest BCUT2D eigenvalue weighted by Gasteiger charge is 2.18. The van der Waals surface area contributed by atoms with Gasteiger partial charge in [0.25, 0.3) is 0 Å². The van der Waals surface area contributed by atoms with Gasteiger partial charge in [-0.3, -0.25) is 4.79 Å². The lowest BCUT2D eigenvalue weighted by Gasteiger charge is -2.23. The van der Waals surface area contributed by atoms with Gasteiger partial charge in [-0.25, -0.2) is 4.98 Å². The third kappa shape index (κ3) is 4.74. The molecule has 0 saturated heterocycles. The fourth-order valence-electron chi connectivity index (χ4n) is 2.78. The molecule has 1 N–H and O–H groups in total. The Morgan fingerprint density at radius 3 is 2.90 bits per heavy atom. The van der Waals surface area contributed by atoms with Crippen molar-refractivity contribution in [3.63, 3.8) is 0 Å². The number of aliphatic hydroxyl groups is 1. The summed E-state index contributed by atoms with van der Waals surface area (Å²) in [5.41, 5.74) is 0.826. The van der Waals surface area contributed by atoms with E-state index in [0.29, 0.717) is 12.5 Å². The molecule has 1 fully saturated rings. The van der Waals surface area contributed by atoms with E-state index >= 15 is 0 Å². The van der Waals surface area contributed by atoms with Crippen LogP contribution in [0, 0.1) is 5.92 Å². The van der Waals surface area contributed by atoms with Crippen LogP contribution in [0.3, 0.4) is 0 Å². The fourth-order valence-corrected chi connectivity index (χ4v) is 3.59. The highest BCUT2D eigenvalue weighted by Crippen LogP contribution is 2.28. The molecule has 0 spiro atoms. The van der Waals surface area contributed by atoms with Crippen LogP contribution >= 0.6 is 11.8 Å². The summed E-state index contributed by atoms with van der Waals surface area (Å²) in [5.74, 6) is 0.695. The summed E-state index contributed by atoms with van der Waals surface area (Å²) in [4.78, 5) is 15.8. The molecule has 1 saturated carbocycles. The van der Waals surface area contributed by atoms with Crippen LogP contribution in [0.15, 0.2) is 11.4 Å². The number of thioether (sulfide) groups is 1. The smallest absolute Gasteiger partial charge is 0.316 e. The zero-order valence-corrected chi connectivity index (χ0v) is 13.4. The molecular weight excluding hydrogens is 288 g/mol. The van der Waals surface area contributed by atoms with Crippen molar-refractivity contribution in [2.75, 3.05) is 12.4 Å². The molecule has 5 nitrogen and oxygen atoms in total. The van der Waals surface area contributed by atoms with Gasteiger partial charge in [-0.05, 0) is 25.7 Å². The summed E-state index contributed by atoms with van der Waals surface area (Å²) in [7, 11) is 0. The molecule has 0 atom stereocenters. The second-order valence-corrected chi connectivity index (χ2v) is 6.34. The van der Waals surface area contributed by atoms with Gasteiger partial charge in [0.1, 0.15) is 0 Å². The molecule has 0 radical (unpaired) electrons. The summed E-state index contributed by atoms with van der Waals surface area (Å²) in [6.45, 7) is 3.08. The first-order valence-electron chi connectivity index (χ1n) is 7.68. The van der Waals surface area contributed by atoms with Gasteiger partial charge in [-0.2, -0.15) is 0 Å². The van der Waals surface area contributed by atoms with Crippen molar-refractivity contribution in [1.82, 2.24) is 9.55 Å². The van der Waals surface area contributed by atoms with Crippen molar-refractivity contribution >= 4 is 17.7 Å². The van der Waals surface area contributed by atoms with Crippen LogP contribution < -0.4 is 0 Å². The lowest BCUT2D eigenvalue weighted by molar-refractivity contribution is -0.139. The number of nitrogens with zero attached hydrogens (tertiary/aromatic N) is 2. The Labute approximate surface area is 130 Å². The van der Waals surface area contributed by atoms with Crippen LogP contribution in [0.5, 0.6) is 0 Å². The van der Waals surface area contributed by atoms with Crippen molar-refractivity contribution in [3.8, 4) is 0 Å². The molecule has 1 aromatic rings. The number of aromatic nitrogens is 2. The van der Waals surface area contributed by atoms with Gasteiger partial charge >= 0.3 is 5.97 Å². The number of aliphatic hydroxyl groups excluding tert-OH is 1. The number of ether oxygens (including phenoxy) is 1. The molecule has 0 amide bonds. The number of carbonyl (C=O) groups excluding carboxylic acids is 1. The Bertz CT molecular complexity index is 456. The average Bonchev–Trinajstić information content (AvgIpc) is 2.88. The van der Waals surface area contributed by atoms with E-state index in [0.717, 1.165) is 17.4 Å². The maximum absolute atomic E-state index is 11.5. The molecule has 1 heterocycles. The molecule has 6 heteroatoms. The summed E-state index contributed by atoms with van der Waals surface area (Å²) in [5, 5.41) is 10.3. The maximum Gasteiger partial charge on any atom is 0.316 e. The molecule has 118 valence electrons. The Hall–Kier alpha value is -1.01. The molecule has 2 rings (SSSR count). The summed E-state index contributed by atoms with van der Waals surface area (Å²) in [6.07, 6.45) is 8.10. The number of carbonyl (C=O) groups is 1. The third-order valence-corrected chi connectivity index (χ3v) is 4.82. The largest absolute Gasteiger partial charge is 0.465 e. The second-order valence-electron chi connectivity index (χ2n) is 5.40. The van der Waals surface area contributed by atoms with Crippen LogP contribution in [-0.4, -0.2) is 33.0 Å². The van der Waals surface area contributed by atoms with Crippen LogP contribution in [0.1, 0.15) is 44.7 Å². The molecule has 1 aliphatic rings. The molecule has 0 bridgehead atoms. The Morgan fingerprint density at radius 2 is 2.24 bits per heavy atom. The summed E-state index contributed by atoms with van der Waals surface area (Å²) < 4.78 is 7.01. The van der Waals surface area contributed by atoms with E-state index in [2.05, 4.69) is 9.55 Å². The minimum Gasteiger partial charge on any atom is -0.465 e. The van der Waals surface area contributed by atoms with Crippen molar-refractivity contribution in [2.24, 2.45) is 5.92 Å². The lowest BCUT2D eigenvalue weighted by atomic mass is 9.89. The van der Waals surface area contributed by atoms with Crippen molar-refractivity contribution in [1.29, 1.82) is 0 Å². The van der Waals surface area contributed by atoms with E-state index < -0.39 is 0 Å². The zero-order valence-electron chi connectivity index (χ0n) is 12.6. The van der Waals surface area contributed by atoms with E-state index in [1.165, 1.54) is 43.9 Å². The molecule has 0 aliphatic heterocycles. The highest BCUT2D eigenvalue weighted by molar-refractivity contribution is 7.99. The summed E-state index contributed by atoms with van der Waals surface area (Å²) in [6, 6.07) is 0. The van der Waals surface area contributed by atoms with Crippen molar-refractivity contribution in [2.45, 2.75) is 57.3 Å². The van der Waals surface area contributed by atoms with Crippen molar-refractivity contribution < 1.29 is 14.6 Å². The van der Waals surface area contributed by atoms with Crippen LogP contribution in [0.25, 0.3) is 0 Å². The van der Waals surface area contributed by atoms with Gasteiger partial charge in [-0.15, -0.1) is 0 Å². The predicted octanol–water partition coefficient (Wildman–Crippen LogP) is 2.61. The standard InChI is InChI=1S/C15H24N2O3S/c1-2-20-14(19)11-21-15-16-8-13(10-18)17(15)9-12-6-4-3-5-7-12/h8,12,18H,2-7,9-11H2,1H3. The predicted molar refractivity (Wildman–Crippen MR) is 82.1 cm³/mol. The van der Waals surface area contributed by atoms with E-state index in [1.54, 1.807) is 13.1 Å². The minimum atomic E-state index is -0.222. The first-order valence-corrected chi connectivity index (χ1v) is 8.66. The topological polar surface area (TPSA) is 64.3 Å². The van der Waals surface area contributed by atoms with E-state index in [1.807, 2.05) is 0 Å². The maximum atomic E-state index is 11.5. The fraction of sp³-hybridized carbons (Fsp3) is 0.733. The molecule has 1 aliphatic carbocycles. The Morgan fingerprint density at radius 1 is 1.48 bits per heavy atom. The van der Waals surface area contributed by atoms with E-state index in [-0.39, 0.29) is 18.3 Å². The minimum absolute atomic E-state index is 0.0142. The molecule has 0 unspecified atom stereocenters. The highest BCUT2D eigenvalue weighted by atomic mass is 32.2. The van der Waals surface area contributed by atoms with Gasteiger partial charge in [-0.1, -0.05) is 31.0 Å². The Balaban J connectivity index is 1.99. The Kier molecular flexibility index (Phi) is 6.57. The number of esters is 1. The lowest BCUT2D eigenvalue weighted by Crippen LogP contribution is -2.17. The van der Waals surface area contributed by atoms with Gasteiger partial charge in [0, 0.05) is 6.54 Å². The van der Waals surface area contributed by atoms with Gasteiger partial charge in [0.05, 0.1) is 30.9 Å². The molecular formula is C15H24N2O3S. The quantitative estimate of drug-likeness (QED) is 0.619. The molecule has 0 aromatic carbocycles. The average molecular weight is 312 g/mol. The van der Waals surface area contributed by atoms with Gasteiger partial charge in [0.2, 0.25) is 0 Å². The molecule has 21 heavy (non-hydrogen) atoms. The van der Waals surface area contributed by atoms with Gasteiger partial charge in [0.15, 0.2) is 5.16 Å². The molecule has 1 aromatic heterocycles. The number of hydrogen-bond donors (Lipinski definition) is 1. The van der Waals surface area contributed by atoms with Crippen molar-refractivity contribution in [3.05, 3.63) is 11.9 Å². The van der Waals surface area contributed by atoms with E-state index in [4.69, 9.17) is 4.74 Å². The number of rotatable bonds is 7.